The molecule has 0 radical (unpaired) electrons. The Morgan fingerprint density at radius 3 is 2.40 bits per heavy atom. The second-order valence-electron chi connectivity index (χ2n) is 2.55. The van der Waals surface area contributed by atoms with Gasteiger partial charge < -0.3 is 9.47 Å². The van der Waals surface area contributed by atoms with Crippen LogP contribution in [0.25, 0.3) is 0 Å². The number of rotatable bonds is 4. The third kappa shape index (κ3) is 2.01. The van der Waals surface area contributed by atoms with E-state index in [1.807, 2.05) is 0 Å². The number of nitro benzene ring substituents is 1. The molecule has 0 aliphatic carbocycles. The van der Waals surface area contributed by atoms with Crippen LogP contribution < -0.4 is 9.47 Å². The summed E-state index contributed by atoms with van der Waals surface area (Å²) in [7, 11) is 2.56. The summed E-state index contributed by atoms with van der Waals surface area (Å²) in [4.78, 5) is 20.4. The first kappa shape index (κ1) is 10.9. The SMILES string of the molecule is COc1cc(N=O)c(OC)c([N+](=O)[O-])c1. The lowest BCUT2D eigenvalue weighted by atomic mass is 10.2. The van der Waals surface area contributed by atoms with E-state index < -0.39 is 4.92 Å². The summed E-state index contributed by atoms with van der Waals surface area (Å²) in [6, 6.07) is 2.42. The molecule has 0 aromatic heterocycles. The van der Waals surface area contributed by atoms with E-state index in [-0.39, 0.29) is 22.9 Å². The predicted molar refractivity (Wildman–Crippen MR) is 51.7 cm³/mol. The fraction of sp³-hybridized carbons (Fsp3) is 0.250. The van der Waals surface area contributed by atoms with Gasteiger partial charge in [0, 0.05) is 6.07 Å². The van der Waals surface area contributed by atoms with Crippen LogP contribution in [0.3, 0.4) is 0 Å². The minimum Gasteiger partial charge on any atom is -0.496 e. The number of nitroso groups, excluding NO2 is 1. The molecule has 0 heterocycles. The van der Waals surface area contributed by atoms with Crippen LogP contribution in [-0.4, -0.2) is 19.1 Å². The fourth-order valence-electron chi connectivity index (χ4n) is 1.10. The lowest BCUT2D eigenvalue weighted by molar-refractivity contribution is -0.385. The lowest BCUT2D eigenvalue weighted by Gasteiger charge is -2.05. The van der Waals surface area contributed by atoms with Gasteiger partial charge in [-0.05, 0) is 5.18 Å². The van der Waals surface area contributed by atoms with Gasteiger partial charge in [0.05, 0.1) is 25.2 Å². The van der Waals surface area contributed by atoms with Crippen molar-refractivity contribution in [1.29, 1.82) is 0 Å². The van der Waals surface area contributed by atoms with E-state index >= 15 is 0 Å². The second kappa shape index (κ2) is 4.36. The van der Waals surface area contributed by atoms with Crippen molar-refractivity contribution in [2.24, 2.45) is 5.18 Å². The molecule has 0 bridgehead atoms. The van der Waals surface area contributed by atoms with Crippen molar-refractivity contribution >= 4 is 11.4 Å². The van der Waals surface area contributed by atoms with Crippen molar-refractivity contribution in [1.82, 2.24) is 0 Å². The third-order valence-corrected chi connectivity index (χ3v) is 1.76. The average molecular weight is 212 g/mol. The lowest BCUT2D eigenvalue weighted by Crippen LogP contribution is -1.95. The molecule has 7 nitrogen and oxygen atoms in total. The normalized spacial score (nSPS) is 9.47. The van der Waals surface area contributed by atoms with Crippen LogP contribution in [0, 0.1) is 15.0 Å². The molecule has 0 unspecified atom stereocenters. The van der Waals surface area contributed by atoms with Gasteiger partial charge in [-0.15, -0.1) is 4.91 Å². The van der Waals surface area contributed by atoms with Crippen LogP contribution in [0.2, 0.25) is 0 Å². The Hall–Kier alpha value is -2.18. The zero-order chi connectivity index (χ0) is 11.4. The predicted octanol–water partition coefficient (Wildman–Crippen LogP) is 2.01. The van der Waals surface area contributed by atoms with Gasteiger partial charge in [0.15, 0.2) is 5.69 Å². The maximum absolute atomic E-state index is 10.6. The number of methoxy groups -OCH3 is 2. The van der Waals surface area contributed by atoms with Crippen LogP contribution in [-0.2, 0) is 0 Å². The van der Waals surface area contributed by atoms with Crippen LogP contribution in [0.4, 0.5) is 11.4 Å². The van der Waals surface area contributed by atoms with E-state index in [1.54, 1.807) is 0 Å². The Morgan fingerprint density at radius 1 is 1.33 bits per heavy atom. The molecule has 0 aliphatic rings. The molecule has 1 rings (SSSR count). The summed E-state index contributed by atoms with van der Waals surface area (Å²) in [6.07, 6.45) is 0. The maximum atomic E-state index is 10.6. The summed E-state index contributed by atoms with van der Waals surface area (Å²) in [6.45, 7) is 0. The molecule has 0 spiro atoms. The summed E-state index contributed by atoms with van der Waals surface area (Å²) < 4.78 is 9.53. The van der Waals surface area contributed by atoms with Crippen molar-refractivity contribution in [2.75, 3.05) is 14.2 Å². The highest BCUT2D eigenvalue weighted by molar-refractivity contribution is 5.66. The topological polar surface area (TPSA) is 91.0 Å². The Balaban J connectivity index is 3.45. The molecular weight excluding hydrogens is 204 g/mol. The van der Waals surface area contributed by atoms with Crippen LogP contribution in [0.15, 0.2) is 17.3 Å². The van der Waals surface area contributed by atoms with Gasteiger partial charge in [-0.1, -0.05) is 0 Å². The monoisotopic (exact) mass is 212 g/mol. The number of ether oxygens (including phenoxy) is 2. The van der Waals surface area contributed by atoms with E-state index in [2.05, 4.69) is 5.18 Å². The summed E-state index contributed by atoms with van der Waals surface area (Å²) in [5.41, 5.74) is -0.519. The fourth-order valence-corrected chi connectivity index (χ4v) is 1.10. The molecule has 0 aliphatic heterocycles. The van der Waals surface area contributed by atoms with Crippen LogP contribution in [0.1, 0.15) is 0 Å². The molecule has 0 saturated heterocycles. The van der Waals surface area contributed by atoms with Gasteiger partial charge >= 0.3 is 5.69 Å². The third-order valence-electron chi connectivity index (χ3n) is 1.76. The van der Waals surface area contributed by atoms with Gasteiger partial charge in [0.2, 0.25) is 5.75 Å². The minimum atomic E-state index is -0.671. The number of nitrogens with zero attached hydrogens (tertiary/aromatic N) is 2. The first-order chi connectivity index (χ1) is 7.13. The standard InChI is InChI=1S/C8H8N2O5/c1-14-5-3-6(9-11)8(15-2)7(4-5)10(12)13/h3-4H,1-2H3. The van der Waals surface area contributed by atoms with E-state index in [4.69, 9.17) is 9.47 Å². The number of benzene rings is 1. The van der Waals surface area contributed by atoms with Gasteiger partial charge in [-0.2, -0.15) is 0 Å². The second-order valence-corrected chi connectivity index (χ2v) is 2.55. The zero-order valence-corrected chi connectivity index (χ0v) is 8.09. The highest BCUT2D eigenvalue weighted by Gasteiger charge is 2.21. The van der Waals surface area contributed by atoms with Crippen molar-refractivity contribution < 1.29 is 14.4 Å². The van der Waals surface area contributed by atoms with Crippen molar-refractivity contribution in [3.05, 3.63) is 27.2 Å². The largest absolute Gasteiger partial charge is 0.496 e. The van der Waals surface area contributed by atoms with Crippen molar-refractivity contribution in [3.63, 3.8) is 0 Å². The highest BCUT2D eigenvalue weighted by Crippen LogP contribution is 2.40. The molecule has 7 heteroatoms. The molecule has 0 fully saturated rings. The van der Waals surface area contributed by atoms with Crippen molar-refractivity contribution in [2.45, 2.75) is 0 Å². The quantitative estimate of drug-likeness (QED) is 0.432. The molecule has 0 N–H and O–H groups in total. The number of hydrogen-bond acceptors (Lipinski definition) is 6. The molecule has 0 atom stereocenters. The number of nitro groups is 1. The Labute approximate surface area is 84.7 Å². The van der Waals surface area contributed by atoms with Crippen molar-refractivity contribution in [3.8, 4) is 11.5 Å². The molecule has 80 valence electrons. The highest BCUT2D eigenvalue weighted by atomic mass is 16.6. The Morgan fingerprint density at radius 2 is 2.00 bits per heavy atom. The molecule has 0 amide bonds. The Kier molecular flexibility index (Phi) is 3.17. The van der Waals surface area contributed by atoms with Gasteiger partial charge in [0.1, 0.15) is 5.75 Å². The first-order valence-electron chi connectivity index (χ1n) is 3.87. The van der Waals surface area contributed by atoms with E-state index in [1.165, 1.54) is 20.3 Å². The average Bonchev–Trinajstić information content (AvgIpc) is 2.26. The maximum Gasteiger partial charge on any atom is 0.317 e. The number of hydrogen-bond donors (Lipinski definition) is 0. The Bertz CT molecular complexity index is 404. The minimum absolute atomic E-state index is 0.163. The molecule has 0 saturated carbocycles. The molecule has 15 heavy (non-hydrogen) atoms. The van der Waals surface area contributed by atoms with E-state index in [0.29, 0.717) is 0 Å². The van der Waals surface area contributed by atoms with E-state index in [0.717, 1.165) is 6.07 Å². The van der Waals surface area contributed by atoms with Crippen LogP contribution in [0.5, 0.6) is 11.5 Å². The molecule has 1 aromatic rings. The summed E-state index contributed by atoms with van der Waals surface area (Å²) in [5.74, 6) is 0.00731. The summed E-state index contributed by atoms with van der Waals surface area (Å²) >= 11 is 0. The van der Waals surface area contributed by atoms with Gasteiger partial charge in [-0.3, -0.25) is 10.1 Å². The van der Waals surface area contributed by atoms with E-state index in [9.17, 15) is 15.0 Å². The van der Waals surface area contributed by atoms with Gasteiger partial charge in [0.25, 0.3) is 0 Å². The van der Waals surface area contributed by atoms with Gasteiger partial charge in [-0.25, -0.2) is 0 Å². The zero-order valence-electron chi connectivity index (χ0n) is 8.09. The smallest absolute Gasteiger partial charge is 0.317 e. The first-order valence-corrected chi connectivity index (χ1v) is 3.87. The molecular formula is C8H8N2O5. The molecule has 1 aromatic carbocycles. The van der Waals surface area contributed by atoms with Crippen LogP contribution >= 0.6 is 0 Å². The summed E-state index contributed by atoms with van der Waals surface area (Å²) in [5, 5.41) is 13.3.